The average molecular weight is 211 g/mol. The summed E-state index contributed by atoms with van der Waals surface area (Å²) in [5.74, 6) is 0. The molecule has 14 heavy (non-hydrogen) atoms. The molecule has 1 aromatic rings. The maximum atomic E-state index is 9.60. The van der Waals surface area contributed by atoms with Crippen LogP contribution in [-0.2, 0) is 0 Å². The molecule has 0 spiro atoms. The van der Waals surface area contributed by atoms with E-state index in [0.29, 0.717) is 12.2 Å². The van der Waals surface area contributed by atoms with Gasteiger partial charge >= 0.3 is 0 Å². The molecular formula is C9H13N3OS. The summed E-state index contributed by atoms with van der Waals surface area (Å²) >= 11 is 1.61. The molecule has 0 aromatic carbocycles. The number of nitrogen functional groups attached to an aromatic ring is 1. The zero-order valence-corrected chi connectivity index (χ0v) is 8.50. The third-order valence-electron chi connectivity index (χ3n) is 2.22. The van der Waals surface area contributed by atoms with Gasteiger partial charge in [0.05, 0.1) is 18.0 Å². The lowest BCUT2D eigenvalue weighted by Crippen LogP contribution is -2.20. The first-order chi connectivity index (χ1) is 6.77. The van der Waals surface area contributed by atoms with Gasteiger partial charge in [-0.3, -0.25) is 4.98 Å². The van der Waals surface area contributed by atoms with Crippen molar-refractivity contribution in [3.8, 4) is 0 Å². The zero-order chi connectivity index (χ0) is 9.97. The Kier molecular flexibility index (Phi) is 2.90. The van der Waals surface area contributed by atoms with Gasteiger partial charge in [-0.2, -0.15) is 0 Å². The second-order valence-corrected chi connectivity index (χ2v) is 4.58. The summed E-state index contributed by atoms with van der Waals surface area (Å²) in [5.41, 5.74) is 6.44. The SMILES string of the molecule is Nc1cnccc1SC1CNCC1O. The van der Waals surface area contributed by atoms with Crippen LogP contribution >= 0.6 is 11.8 Å². The van der Waals surface area contributed by atoms with Gasteiger partial charge in [-0.1, -0.05) is 0 Å². The highest BCUT2D eigenvalue weighted by atomic mass is 32.2. The number of thioether (sulfide) groups is 1. The van der Waals surface area contributed by atoms with Gasteiger partial charge in [0.2, 0.25) is 0 Å². The lowest BCUT2D eigenvalue weighted by Gasteiger charge is -2.13. The minimum Gasteiger partial charge on any atom is -0.397 e. The van der Waals surface area contributed by atoms with Crippen LogP contribution in [0.2, 0.25) is 0 Å². The molecule has 2 heterocycles. The van der Waals surface area contributed by atoms with Crippen molar-refractivity contribution < 1.29 is 5.11 Å². The summed E-state index contributed by atoms with van der Waals surface area (Å²) in [6.45, 7) is 1.50. The van der Waals surface area contributed by atoms with Gasteiger partial charge in [0, 0.05) is 29.4 Å². The van der Waals surface area contributed by atoms with Crippen molar-refractivity contribution in [2.24, 2.45) is 0 Å². The Morgan fingerprint density at radius 1 is 1.57 bits per heavy atom. The molecule has 2 atom stereocenters. The predicted molar refractivity (Wildman–Crippen MR) is 57.2 cm³/mol. The number of β-amino-alcohol motifs (C(OH)–C–C–N with tert-alkyl or cyclic N) is 1. The topological polar surface area (TPSA) is 71.2 Å². The molecule has 1 aliphatic heterocycles. The van der Waals surface area contributed by atoms with Crippen LogP contribution in [0.5, 0.6) is 0 Å². The minimum absolute atomic E-state index is 0.194. The van der Waals surface area contributed by atoms with E-state index in [9.17, 15) is 5.11 Å². The van der Waals surface area contributed by atoms with Gasteiger partial charge < -0.3 is 16.2 Å². The van der Waals surface area contributed by atoms with Crippen molar-refractivity contribution in [2.45, 2.75) is 16.2 Å². The van der Waals surface area contributed by atoms with E-state index < -0.39 is 0 Å². The number of aliphatic hydroxyl groups excluding tert-OH is 1. The molecule has 2 rings (SSSR count). The molecule has 4 N–H and O–H groups in total. The van der Waals surface area contributed by atoms with E-state index >= 15 is 0 Å². The fourth-order valence-electron chi connectivity index (χ4n) is 1.43. The molecule has 0 amide bonds. The van der Waals surface area contributed by atoms with Crippen molar-refractivity contribution >= 4 is 17.4 Å². The summed E-state index contributed by atoms with van der Waals surface area (Å²) in [4.78, 5) is 4.92. The molecule has 0 radical (unpaired) electrons. The van der Waals surface area contributed by atoms with E-state index in [-0.39, 0.29) is 11.4 Å². The van der Waals surface area contributed by atoms with Crippen molar-refractivity contribution in [2.75, 3.05) is 18.8 Å². The van der Waals surface area contributed by atoms with E-state index in [2.05, 4.69) is 10.3 Å². The molecular weight excluding hydrogens is 198 g/mol. The molecule has 0 bridgehead atoms. The van der Waals surface area contributed by atoms with E-state index in [4.69, 9.17) is 5.73 Å². The number of hydrogen-bond donors (Lipinski definition) is 3. The molecule has 5 heteroatoms. The normalized spacial score (nSPS) is 26.6. The first-order valence-corrected chi connectivity index (χ1v) is 5.40. The van der Waals surface area contributed by atoms with Crippen molar-refractivity contribution in [1.29, 1.82) is 0 Å². The van der Waals surface area contributed by atoms with Crippen LogP contribution in [0.3, 0.4) is 0 Å². The Bertz CT molecular complexity index is 321. The predicted octanol–water partition coefficient (Wildman–Crippen LogP) is 0.0886. The number of aliphatic hydroxyl groups is 1. The van der Waals surface area contributed by atoms with Crippen molar-refractivity contribution in [1.82, 2.24) is 10.3 Å². The quantitative estimate of drug-likeness (QED) is 0.646. The Labute approximate surface area is 86.9 Å². The minimum atomic E-state index is -0.285. The Morgan fingerprint density at radius 2 is 2.43 bits per heavy atom. The molecule has 4 nitrogen and oxygen atoms in total. The summed E-state index contributed by atoms with van der Waals surface area (Å²) in [6, 6.07) is 1.88. The van der Waals surface area contributed by atoms with Crippen LogP contribution in [0.15, 0.2) is 23.4 Å². The van der Waals surface area contributed by atoms with Crippen LogP contribution < -0.4 is 11.1 Å². The Hall–Kier alpha value is -0.780. The van der Waals surface area contributed by atoms with Gasteiger partial charge in [-0.05, 0) is 6.07 Å². The van der Waals surface area contributed by atoms with Gasteiger partial charge in [0.15, 0.2) is 0 Å². The highest BCUT2D eigenvalue weighted by Crippen LogP contribution is 2.30. The van der Waals surface area contributed by atoms with Gasteiger partial charge in [0.25, 0.3) is 0 Å². The Morgan fingerprint density at radius 3 is 3.07 bits per heavy atom. The molecule has 0 saturated carbocycles. The number of pyridine rings is 1. The number of nitrogens with one attached hydrogen (secondary N) is 1. The van der Waals surface area contributed by atoms with Gasteiger partial charge in [-0.15, -0.1) is 11.8 Å². The summed E-state index contributed by atoms with van der Waals surface area (Å²) < 4.78 is 0. The summed E-state index contributed by atoms with van der Waals surface area (Å²) in [6.07, 6.45) is 3.07. The molecule has 2 unspecified atom stereocenters. The fourth-order valence-corrected chi connectivity index (χ4v) is 2.53. The standard InChI is InChI=1S/C9H13N3OS/c10-6-3-11-2-1-8(6)14-9-5-12-4-7(9)13/h1-3,7,9,12-13H,4-5,10H2. The molecule has 1 aromatic heterocycles. The Balaban J connectivity index is 2.07. The van der Waals surface area contributed by atoms with Crippen LogP contribution in [0.25, 0.3) is 0 Å². The van der Waals surface area contributed by atoms with Crippen molar-refractivity contribution in [3.05, 3.63) is 18.5 Å². The van der Waals surface area contributed by atoms with Crippen molar-refractivity contribution in [3.63, 3.8) is 0 Å². The van der Waals surface area contributed by atoms with Gasteiger partial charge in [0.1, 0.15) is 0 Å². The second kappa shape index (κ2) is 4.16. The van der Waals surface area contributed by atoms with Crippen LogP contribution in [0, 0.1) is 0 Å². The number of nitrogens with two attached hydrogens (primary N) is 1. The first kappa shape index (κ1) is 9.76. The third-order valence-corrected chi connectivity index (χ3v) is 3.63. The fraction of sp³-hybridized carbons (Fsp3) is 0.444. The van der Waals surface area contributed by atoms with Gasteiger partial charge in [-0.25, -0.2) is 0 Å². The number of anilines is 1. The molecule has 1 aliphatic rings. The van der Waals surface area contributed by atoms with Crippen LogP contribution in [-0.4, -0.2) is 34.5 Å². The van der Waals surface area contributed by atoms with Crippen LogP contribution in [0.1, 0.15) is 0 Å². The molecule has 76 valence electrons. The monoisotopic (exact) mass is 211 g/mol. The smallest absolute Gasteiger partial charge is 0.0798 e. The van der Waals surface area contributed by atoms with E-state index in [1.54, 1.807) is 24.2 Å². The largest absolute Gasteiger partial charge is 0.397 e. The number of rotatable bonds is 2. The third kappa shape index (κ3) is 2.00. The van der Waals surface area contributed by atoms with Crippen LogP contribution in [0.4, 0.5) is 5.69 Å². The number of aromatic nitrogens is 1. The summed E-state index contributed by atoms with van der Waals surface area (Å²) in [7, 11) is 0. The maximum Gasteiger partial charge on any atom is 0.0798 e. The van der Waals surface area contributed by atoms with E-state index in [0.717, 1.165) is 11.4 Å². The number of nitrogens with zero attached hydrogens (tertiary/aromatic N) is 1. The number of hydrogen-bond acceptors (Lipinski definition) is 5. The lowest BCUT2D eigenvalue weighted by atomic mass is 10.3. The first-order valence-electron chi connectivity index (χ1n) is 4.52. The molecule has 1 saturated heterocycles. The second-order valence-electron chi connectivity index (χ2n) is 3.30. The zero-order valence-electron chi connectivity index (χ0n) is 7.68. The highest BCUT2D eigenvalue weighted by Gasteiger charge is 2.26. The van der Waals surface area contributed by atoms with E-state index in [1.807, 2.05) is 6.07 Å². The average Bonchev–Trinajstić information content (AvgIpc) is 2.56. The molecule has 1 fully saturated rings. The highest BCUT2D eigenvalue weighted by molar-refractivity contribution is 8.00. The lowest BCUT2D eigenvalue weighted by molar-refractivity contribution is 0.201. The maximum absolute atomic E-state index is 9.60. The summed E-state index contributed by atoms with van der Waals surface area (Å²) in [5, 5.41) is 12.9. The van der Waals surface area contributed by atoms with E-state index in [1.165, 1.54) is 0 Å². The molecule has 0 aliphatic carbocycles.